The molecule has 0 fully saturated rings. The Hall–Kier alpha value is -2.05. The summed E-state index contributed by atoms with van der Waals surface area (Å²) in [5.74, 6) is -2.09. The average Bonchev–Trinajstić information content (AvgIpc) is 2.37. The Morgan fingerprint density at radius 3 is 2.38 bits per heavy atom. The second-order valence-electron chi connectivity index (χ2n) is 4.11. The van der Waals surface area contributed by atoms with Crippen LogP contribution in [0, 0.1) is 0 Å². The van der Waals surface area contributed by atoms with Crippen LogP contribution in [0.2, 0.25) is 5.02 Å². The Kier molecular flexibility index (Phi) is 4.50. The van der Waals surface area contributed by atoms with E-state index in [1.807, 2.05) is 0 Å². The first kappa shape index (κ1) is 15.3. The molecule has 0 radical (unpaired) electrons. The number of carboxylic acids is 1. The van der Waals surface area contributed by atoms with Gasteiger partial charge in [0.2, 0.25) is 0 Å². The van der Waals surface area contributed by atoms with Crippen LogP contribution in [0.4, 0.5) is 5.69 Å². The van der Waals surface area contributed by atoms with Gasteiger partial charge in [0.05, 0.1) is 16.8 Å². The van der Waals surface area contributed by atoms with Gasteiger partial charge in [0.1, 0.15) is 5.75 Å². The fourth-order valence-electron chi connectivity index (χ4n) is 1.69. The van der Waals surface area contributed by atoms with Gasteiger partial charge in [-0.1, -0.05) is 27.5 Å². The minimum absolute atomic E-state index is 0.00397. The number of rotatable bonds is 3. The van der Waals surface area contributed by atoms with E-state index in [1.54, 1.807) is 6.07 Å². The highest BCUT2D eigenvalue weighted by Crippen LogP contribution is 2.25. The molecule has 0 saturated heterocycles. The SMILES string of the molecule is O=C(Nc1cc(Br)ccc1C(=O)O)c1ccc(Cl)cc1O. The Bertz CT molecular complexity index is 733. The first-order chi connectivity index (χ1) is 9.88. The van der Waals surface area contributed by atoms with Crippen LogP contribution in [-0.4, -0.2) is 22.1 Å². The zero-order valence-electron chi connectivity index (χ0n) is 10.4. The van der Waals surface area contributed by atoms with E-state index in [4.69, 9.17) is 16.7 Å². The van der Waals surface area contributed by atoms with Crippen molar-refractivity contribution in [2.24, 2.45) is 0 Å². The molecular formula is C14H9BrClNO4. The maximum atomic E-state index is 12.1. The molecule has 0 aliphatic carbocycles. The molecular weight excluding hydrogens is 362 g/mol. The van der Waals surface area contributed by atoms with Crippen LogP contribution >= 0.6 is 27.5 Å². The number of carbonyl (C=O) groups is 2. The molecule has 0 unspecified atom stereocenters. The second kappa shape index (κ2) is 6.15. The number of phenolic OH excluding ortho intramolecular Hbond substituents is 1. The number of nitrogens with one attached hydrogen (secondary N) is 1. The van der Waals surface area contributed by atoms with Crippen LogP contribution < -0.4 is 5.32 Å². The van der Waals surface area contributed by atoms with Gasteiger partial charge in [-0.2, -0.15) is 0 Å². The van der Waals surface area contributed by atoms with Gasteiger partial charge < -0.3 is 15.5 Å². The smallest absolute Gasteiger partial charge is 0.337 e. The first-order valence-corrected chi connectivity index (χ1v) is 6.88. The number of anilines is 1. The molecule has 2 aromatic rings. The van der Waals surface area contributed by atoms with Crippen molar-refractivity contribution < 1.29 is 19.8 Å². The summed E-state index contributed by atoms with van der Waals surface area (Å²) in [7, 11) is 0. The summed E-state index contributed by atoms with van der Waals surface area (Å²) >= 11 is 8.90. The molecule has 0 aliphatic heterocycles. The van der Waals surface area contributed by atoms with Crippen molar-refractivity contribution >= 4 is 45.1 Å². The van der Waals surface area contributed by atoms with Gasteiger partial charge in [0.25, 0.3) is 5.91 Å². The molecule has 7 heteroatoms. The lowest BCUT2D eigenvalue weighted by Gasteiger charge is -2.10. The fourth-order valence-corrected chi connectivity index (χ4v) is 2.22. The lowest BCUT2D eigenvalue weighted by Crippen LogP contribution is -2.15. The standard InChI is InChI=1S/C14H9BrClNO4/c15-7-1-3-9(14(20)21)11(5-7)17-13(19)10-4-2-8(16)6-12(10)18/h1-6,18H,(H,17,19)(H,20,21). The van der Waals surface area contributed by atoms with Gasteiger partial charge in [-0.05, 0) is 36.4 Å². The molecule has 2 aromatic carbocycles. The number of halogens is 2. The van der Waals surface area contributed by atoms with Gasteiger partial charge in [-0.25, -0.2) is 4.79 Å². The Labute approximate surface area is 133 Å². The molecule has 0 atom stereocenters. The maximum absolute atomic E-state index is 12.1. The summed E-state index contributed by atoms with van der Waals surface area (Å²) in [4.78, 5) is 23.2. The van der Waals surface area contributed by atoms with Crippen LogP contribution in [0.25, 0.3) is 0 Å². The molecule has 0 aromatic heterocycles. The number of phenols is 1. The normalized spacial score (nSPS) is 10.2. The third-order valence-electron chi connectivity index (χ3n) is 2.66. The zero-order valence-corrected chi connectivity index (χ0v) is 12.8. The van der Waals surface area contributed by atoms with Crippen molar-refractivity contribution in [2.75, 3.05) is 5.32 Å². The van der Waals surface area contributed by atoms with Crippen LogP contribution in [0.5, 0.6) is 5.75 Å². The van der Waals surface area contributed by atoms with E-state index in [1.165, 1.54) is 30.3 Å². The highest BCUT2D eigenvalue weighted by molar-refractivity contribution is 9.10. The van der Waals surface area contributed by atoms with Crippen molar-refractivity contribution in [1.29, 1.82) is 0 Å². The van der Waals surface area contributed by atoms with Crippen LogP contribution in [0.3, 0.4) is 0 Å². The van der Waals surface area contributed by atoms with E-state index in [-0.39, 0.29) is 27.6 Å². The number of aromatic hydroxyl groups is 1. The van der Waals surface area contributed by atoms with Crippen LogP contribution in [-0.2, 0) is 0 Å². The summed E-state index contributed by atoms with van der Waals surface area (Å²) in [5.41, 5.74) is 0.0620. The van der Waals surface area contributed by atoms with Crippen molar-refractivity contribution in [3.8, 4) is 5.75 Å². The Balaban J connectivity index is 2.35. The Morgan fingerprint density at radius 1 is 1.10 bits per heavy atom. The largest absolute Gasteiger partial charge is 0.507 e. The van der Waals surface area contributed by atoms with Gasteiger partial charge in [-0.3, -0.25) is 4.79 Å². The van der Waals surface area contributed by atoms with E-state index in [2.05, 4.69) is 21.2 Å². The first-order valence-electron chi connectivity index (χ1n) is 5.71. The highest BCUT2D eigenvalue weighted by atomic mass is 79.9. The number of benzene rings is 2. The lowest BCUT2D eigenvalue weighted by atomic mass is 10.1. The molecule has 0 saturated carbocycles. The Morgan fingerprint density at radius 2 is 1.76 bits per heavy atom. The number of amides is 1. The van der Waals surface area contributed by atoms with Gasteiger partial charge in [-0.15, -0.1) is 0 Å². The summed E-state index contributed by atoms with van der Waals surface area (Å²) in [6, 6.07) is 8.42. The molecule has 0 spiro atoms. The number of hydrogen-bond donors (Lipinski definition) is 3. The van der Waals surface area contributed by atoms with E-state index in [0.717, 1.165) is 0 Å². The van der Waals surface area contributed by atoms with Gasteiger partial charge in [0.15, 0.2) is 0 Å². The lowest BCUT2D eigenvalue weighted by molar-refractivity contribution is 0.0698. The average molecular weight is 371 g/mol. The summed E-state index contributed by atoms with van der Waals surface area (Å²) in [6.07, 6.45) is 0. The van der Waals surface area contributed by atoms with E-state index in [9.17, 15) is 14.7 Å². The van der Waals surface area contributed by atoms with Gasteiger partial charge in [0, 0.05) is 9.50 Å². The van der Waals surface area contributed by atoms with Crippen molar-refractivity contribution in [1.82, 2.24) is 0 Å². The molecule has 5 nitrogen and oxygen atoms in total. The molecule has 2 rings (SSSR count). The van der Waals surface area contributed by atoms with Crippen molar-refractivity contribution in [2.45, 2.75) is 0 Å². The fraction of sp³-hybridized carbons (Fsp3) is 0. The highest BCUT2D eigenvalue weighted by Gasteiger charge is 2.16. The van der Waals surface area contributed by atoms with E-state index in [0.29, 0.717) is 4.47 Å². The predicted molar refractivity (Wildman–Crippen MR) is 82.2 cm³/mol. The van der Waals surface area contributed by atoms with Crippen molar-refractivity contribution in [3.05, 3.63) is 57.0 Å². The molecule has 0 heterocycles. The summed E-state index contributed by atoms with van der Waals surface area (Å²) in [6.45, 7) is 0. The third-order valence-corrected chi connectivity index (χ3v) is 3.39. The van der Waals surface area contributed by atoms with Crippen LogP contribution in [0.1, 0.15) is 20.7 Å². The molecule has 21 heavy (non-hydrogen) atoms. The molecule has 0 aliphatic rings. The summed E-state index contributed by atoms with van der Waals surface area (Å²) in [5, 5.41) is 21.5. The predicted octanol–water partition coefficient (Wildman–Crippen LogP) is 3.76. The van der Waals surface area contributed by atoms with Gasteiger partial charge >= 0.3 is 5.97 Å². The molecule has 1 amide bonds. The molecule has 0 bridgehead atoms. The molecule has 3 N–H and O–H groups in total. The monoisotopic (exact) mass is 369 g/mol. The quantitative estimate of drug-likeness (QED) is 0.768. The third kappa shape index (κ3) is 3.53. The van der Waals surface area contributed by atoms with E-state index >= 15 is 0 Å². The maximum Gasteiger partial charge on any atom is 0.337 e. The number of hydrogen-bond acceptors (Lipinski definition) is 3. The van der Waals surface area contributed by atoms with E-state index < -0.39 is 11.9 Å². The van der Waals surface area contributed by atoms with Crippen molar-refractivity contribution in [3.63, 3.8) is 0 Å². The molecule has 108 valence electrons. The second-order valence-corrected chi connectivity index (χ2v) is 5.46. The summed E-state index contributed by atoms with van der Waals surface area (Å²) < 4.78 is 0.614. The number of carbonyl (C=O) groups excluding carboxylic acids is 1. The number of carboxylic acid groups (broad SMARTS) is 1. The zero-order chi connectivity index (χ0) is 15.6. The number of aromatic carboxylic acids is 1. The minimum Gasteiger partial charge on any atom is -0.507 e. The topological polar surface area (TPSA) is 86.6 Å². The minimum atomic E-state index is -1.17. The van der Waals surface area contributed by atoms with Crippen LogP contribution in [0.15, 0.2) is 40.9 Å².